The number of guanidine groups is 1. The van der Waals surface area contributed by atoms with Gasteiger partial charge in [-0.05, 0) is 12.5 Å². The van der Waals surface area contributed by atoms with Crippen LogP contribution < -0.4 is 10.6 Å². The Balaban J connectivity index is 1.68. The molecule has 0 aliphatic heterocycles. The Morgan fingerprint density at radius 3 is 1.86 bits per heavy atom. The van der Waals surface area contributed by atoms with Crippen molar-refractivity contribution in [3.05, 3.63) is 84.0 Å². The van der Waals surface area contributed by atoms with Gasteiger partial charge in [-0.2, -0.15) is 0 Å². The summed E-state index contributed by atoms with van der Waals surface area (Å²) in [5.41, 5.74) is 2.48. The number of hydrogen-bond donors (Lipinski definition) is 2. The molecule has 1 aromatic carbocycles. The van der Waals surface area contributed by atoms with Crippen LogP contribution in [0.2, 0.25) is 0 Å². The van der Waals surface area contributed by atoms with Gasteiger partial charge in [0, 0.05) is 0 Å². The molecule has 0 bridgehead atoms. The Bertz CT molecular complexity index is 592. The minimum Gasteiger partial charge on any atom is -0.347 e. The van der Waals surface area contributed by atoms with E-state index in [9.17, 15) is 0 Å². The molecule has 2 aliphatic rings. The third kappa shape index (κ3) is 3.98. The Kier molecular flexibility index (Phi) is 4.54. The molecule has 2 aliphatic carbocycles. The standard InChI is InChI=1S/C19H21N3/c1-15-10-12-16(13-11-15)14-20-19(21-17-6-2-3-7-17)22-18-8-4-5-9-18/h2-13,17-18H,14H2,1H3,(H2,20,21,22). The highest BCUT2D eigenvalue weighted by Gasteiger charge is 2.10. The predicted molar refractivity (Wildman–Crippen MR) is 92.7 cm³/mol. The highest BCUT2D eigenvalue weighted by Crippen LogP contribution is 2.06. The minimum absolute atomic E-state index is 0.207. The molecule has 1 aromatic rings. The summed E-state index contributed by atoms with van der Waals surface area (Å²) in [6, 6.07) is 8.91. The van der Waals surface area contributed by atoms with Gasteiger partial charge in [0.05, 0.1) is 18.6 Å². The molecule has 3 rings (SSSR count). The minimum atomic E-state index is 0.207. The predicted octanol–water partition coefficient (Wildman–Crippen LogP) is 3.02. The van der Waals surface area contributed by atoms with Crippen molar-refractivity contribution >= 4 is 5.96 Å². The van der Waals surface area contributed by atoms with Crippen LogP contribution in [0.25, 0.3) is 0 Å². The van der Waals surface area contributed by atoms with Gasteiger partial charge in [0.2, 0.25) is 0 Å². The Hall–Kier alpha value is -2.55. The lowest BCUT2D eigenvalue weighted by Gasteiger charge is -2.18. The van der Waals surface area contributed by atoms with Crippen LogP contribution in [0.15, 0.2) is 77.9 Å². The first kappa shape index (κ1) is 14.4. The SMILES string of the molecule is Cc1ccc(CN=C(NC2C=CC=C2)NC2C=CC=C2)cc1. The molecule has 0 saturated carbocycles. The van der Waals surface area contributed by atoms with Crippen molar-refractivity contribution in [2.75, 3.05) is 0 Å². The van der Waals surface area contributed by atoms with E-state index in [1.54, 1.807) is 0 Å². The molecule has 0 saturated heterocycles. The van der Waals surface area contributed by atoms with E-state index in [4.69, 9.17) is 4.99 Å². The Morgan fingerprint density at radius 1 is 0.864 bits per heavy atom. The van der Waals surface area contributed by atoms with Crippen molar-refractivity contribution < 1.29 is 0 Å². The number of allylic oxidation sites excluding steroid dienone is 4. The van der Waals surface area contributed by atoms with E-state index >= 15 is 0 Å². The molecule has 0 spiro atoms. The number of nitrogens with one attached hydrogen (secondary N) is 2. The third-order valence-corrected chi connectivity index (χ3v) is 3.64. The van der Waals surface area contributed by atoms with Gasteiger partial charge in [-0.25, -0.2) is 4.99 Å². The van der Waals surface area contributed by atoms with E-state index in [-0.39, 0.29) is 12.1 Å². The first-order valence-corrected chi connectivity index (χ1v) is 7.63. The Morgan fingerprint density at radius 2 is 1.36 bits per heavy atom. The van der Waals surface area contributed by atoms with Crippen LogP contribution in [0.5, 0.6) is 0 Å². The number of nitrogens with zero attached hydrogens (tertiary/aromatic N) is 1. The van der Waals surface area contributed by atoms with E-state index in [0.717, 1.165) is 5.96 Å². The first-order valence-electron chi connectivity index (χ1n) is 7.63. The lowest BCUT2D eigenvalue weighted by Crippen LogP contribution is -2.44. The van der Waals surface area contributed by atoms with Gasteiger partial charge in [-0.1, -0.05) is 78.4 Å². The molecule has 0 amide bonds. The monoisotopic (exact) mass is 291 g/mol. The van der Waals surface area contributed by atoms with E-state index in [2.05, 4.69) is 66.1 Å². The molecule has 3 nitrogen and oxygen atoms in total. The van der Waals surface area contributed by atoms with Crippen LogP contribution in [0, 0.1) is 6.92 Å². The zero-order chi connectivity index (χ0) is 15.2. The second kappa shape index (κ2) is 6.94. The summed E-state index contributed by atoms with van der Waals surface area (Å²) in [5, 5.41) is 6.84. The van der Waals surface area contributed by atoms with Gasteiger partial charge >= 0.3 is 0 Å². The largest absolute Gasteiger partial charge is 0.347 e. The van der Waals surface area contributed by atoms with Gasteiger partial charge in [-0.3, -0.25) is 0 Å². The number of aryl methyl sites for hydroxylation is 1. The number of benzene rings is 1. The van der Waals surface area contributed by atoms with Crippen LogP contribution in [0.4, 0.5) is 0 Å². The summed E-state index contributed by atoms with van der Waals surface area (Å²) in [7, 11) is 0. The van der Waals surface area contributed by atoms with E-state index in [0.29, 0.717) is 6.54 Å². The van der Waals surface area contributed by atoms with Crippen molar-refractivity contribution in [2.45, 2.75) is 25.6 Å². The summed E-state index contributed by atoms with van der Waals surface area (Å²) in [6.07, 6.45) is 16.6. The second-order valence-electron chi connectivity index (χ2n) is 5.53. The molecule has 0 heterocycles. The third-order valence-electron chi connectivity index (χ3n) is 3.64. The summed E-state index contributed by atoms with van der Waals surface area (Å²) in [4.78, 5) is 4.71. The smallest absolute Gasteiger partial charge is 0.193 e. The van der Waals surface area contributed by atoms with Crippen LogP contribution in [-0.2, 0) is 6.54 Å². The molecule has 3 heteroatoms. The van der Waals surface area contributed by atoms with Gasteiger partial charge in [0.1, 0.15) is 0 Å². The maximum absolute atomic E-state index is 4.71. The number of rotatable bonds is 4. The fourth-order valence-electron chi connectivity index (χ4n) is 2.37. The molecular formula is C19H21N3. The average Bonchev–Trinajstić information content (AvgIpc) is 3.20. The maximum Gasteiger partial charge on any atom is 0.193 e. The van der Waals surface area contributed by atoms with Crippen LogP contribution in [-0.4, -0.2) is 18.0 Å². The van der Waals surface area contributed by atoms with Gasteiger partial charge in [0.25, 0.3) is 0 Å². The number of aliphatic imine (C=N–C) groups is 1. The molecular weight excluding hydrogens is 270 g/mol. The zero-order valence-electron chi connectivity index (χ0n) is 12.7. The van der Waals surface area contributed by atoms with Crippen molar-refractivity contribution in [2.24, 2.45) is 4.99 Å². The fraction of sp³-hybridized carbons (Fsp3) is 0.211. The summed E-state index contributed by atoms with van der Waals surface area (Å²) < 4.78 is 0. The highest BCUT2D eigenvalue weighted by atomic mass is 15.2. The van der Waals surface area contributed by atoms with E-state index in [1.165, 1.54) is 11.1 Å². The first-order chi connectivity index (χ1) is 10.8. The zero-order valence-corrected chi connectivity index (χ0v) is 12.7. The van der Waals surface area contributed by atoms with E-state index < -0.39 is 0 Å². The molecule has 0 radical (unpaired) electrons. The normalized spacial score (nSPS) is 16.4. The topological polar surface area (TPSA) is 36.4 Å². The summed E-state index contributed by atoms with van der Waals surface area (Å²) >= 11 is 0. The lowest BCUT2D eigenvalue weighted by molar-refractivity contribution is 0.779. The highest BCUT2D eigenvalue weighted by molar-refractivity contribution is 5.81. The van der Waals surface area contributed by atoms with Crippen molar-refractivity contribution in [3.63, 3.8) is 0 Å². The Labute approximate surface area is 131 Å². The van der Waals surface area contributed by atoms with Crippen LogP contribution >= 0.6 is 0 Å². The van der Waals surface area contributed by atoms with Gasteiger partial charge in [0.15, 0.2) is 5.96 Å². The summed E-state index contributed by atoms with van der Waals surface area (Å²) in [5.74, 6) is 0.822. The molecule has 2 N–H and O–H groups in total. The number of hydrogen-bond acceptors (Lipinski definition) is 1. The molecule has 0 atom stereocenters. The summed E-state index contributed by atoms with van der Waals surface area (Å²) in [6.45, 7) is 2.76. The molecule has 0 aromatic heterocycles. The van der Waals surface area contributed by atoms with Crippen LogP contribution in [0.3, 0.4) is 0 Å². The average molecular weight is 291 g/mol. The molecule has 0 fully saturated rings. The fourth-order valence-corrected chi connectivity index (χ4v) is 2.37. The molecule has 22 heavy (non-hydrogen) atoms. The van der Waals surface area contributed by atoms with E-state index in [1.807, 2.05) is 24.3 Å². The van der Waals surface area contributed by atoms with Crippen molar-refractivity contribution in [1.29, 1.82) is 0 Å². The lowest BCUT2D eigenvalue weighted by atomic mass is 10.1. The quantitative estimate of drug-likeness (QED) is 0.661. The van der Waals surface area contributed by atoms with Gasteiger partial charge < -0.3 is 10.6 Å². The van der Waals surface area contributed by atoms with Crippen molar-refractivity contribution in [3.8, 4) is 0 Å². The van der Waals surface area contributed by atoms with Crippen LogP contribution in [0.1, 0.15) is 11.1 Å². The van der Waals surface area contributed by atoms with Crippen molar-refractivity contribution in [1.82, 2.24) is 10.6 Å². The van der Waals surface area contributed by atoms with Gasteiger partial charge in [-0.15, -0.1) is 0 Å². The molecule has 112 valence electrons. The molecule has 0 unspecified atom stereocenters. The maximum atomic E-state index is 4.71. The second-order valence-corrected chi connectivity index (χ2v) is 5.53.